The number of piperidine rings is 1. The molecule has 308 valence electrons. The number of carbonyl (C=O) groups excluding carboxylic acids is 1. The van der Waals surface area contributed by atoms with Gasteiger partial charge in [0.2, 0.25) is 5.95 Å². The molecular formula is C42H44F6N6O4. The number of hydrogen-bond acceptors (Lipinski definition) is 7. The van der Waals surface area contributed by atoms with Crippen LogP contribution in [0.15, 0.2) is 55.0 Å². The first-order chi connectivity index (χ1) is 27.7. The van der Waals surface area contributed by atoms with E-state index < -0.39 is 46.9 Å². The van der Waals surface area contributed by atoms with Crippen molar-refractivity contribution in [3.05, 3.63) is 66.2 Å². The number of rotatable bonds is 8. The lowest BCUT2D eigenvalue weighted by Crippen LogP contribution is -2.70. The first-order valence-electron chi connectivity index (χ1n) is 20.2. The van der Waals surface area contributed by atoms with Crippen molar-refractivity contribution in [1.82, 2.24) is 24.8 Å². The molecular weight excluding hydrogens is 766 g/mol. The molecule has 3 aromatic heterocycles. The number of carbonyl (C=O) groups is 2. The van der Waals surface area contributed by atoms with Crippen LogP contribution >= 0.6 is 0 Å². The van der Waals surface area contributed by atoms with Crippen molar-refractivity contribution in [2.75, 3.05) is 18.0 Å². The summed E-state index contributed by atoms with van der Waals surface area (Å²) in [6.45, 7) is 1.33. The van der Waals surface area contributed by atoms with Crippen molar-refractivity contribution in [2.45, 2.75) is 101 Å². The zero-order valence-electron chi connectivity index (χ0n) is 31.6. The van der Waals surface area contributed by atoms with Crippen LogP contribution in [0.3, 0.4) is 0 Å². The molecule has 1 saturated heterocycles. The number of nitrogens with zero attached hydrogens (tertiary/aromatic N) is 5. The zero-order valence-corrected chi connectivity index (χ0v) is 31.6. The van der Waals surface area contributed by atoms with E-state index in [2.05, 4.69) is 25.2 Å². The topological polar surface area (TPSA) is 122 Å². The zero-order chi connectivity index (χ0) is 40.6. The summed E-state index contributed by atoms with van der Waals surface area (Å²) in [5.41, 5.74) is -3.04. The van der Waals surface area contributed by atoms with Crippen LogP contribution in [0.2, 0.25) is 0 Å². The molecule has 1 aliphatic heterocycles. The van der Waals surface area contributed by atoms with Gasteiger partial charge in [0.25, 0.3) is 5.91 Å². The highest BCUT2D eigenvalue weighted by molar-refractivity contribution is 6.00. The van der Waals surface area contributed by atoms with Crippen LogP contribution in [-0.2, 0) is 11.0 Å². The fourth-order valence-corrected chi connectivity index (χ4v) is 11.1. The second-order valence-electron chi connectivity index (χ2n) is 17.1. The first kappa shape index (κ1) is 38.6. The van der Waals surface area contributed by atoms with Crippen LogP contribution in [0.25, 0.3) is 22.2 Å². The van der Waals surface area contributed by atoms with Gasteiger partial charge in [0.15, 0.2) is 5.69 Å². The van der Waals surface area contributed by atoms with Crippen molar-refractivity contribution < 1.29 is 45.8 Å². The number of carboxylic acid groups (broad SMARTS) is 1. The summed E-state index contributed by atoms with van der Waals surface area (Å²) in [6.07, 6.45) is 0.590. The summed E-state index contributed by atoms with van der Waals surface area (Å²) >= 11 is 0. The third kappa shape index (κ3) is 6.93. The third-order valence-corrected chi connectivity index (χ3v) is 13.7. The maximum Gasteiger partial charge on any atom is 0.434 e. The number of alkyl halides is 6. The number of halogens is 6. The van der Waals surface area contributed by atoms with Crippen LogP contribution in [-0.4, -0.2) is 67.4 Å². The van der Waals surface area contributed by atoms with Gasteiger partial charge >= 0.3 is 18.3 Å². The van der Waals surface area contributed by atoms with Gasteiger partial charge in [0.05, 0.1) is 22.7 Å². The number of aliphatic carboxylic acids is 1. The van der Waals surface area contributed by atoms with Gasteiger partial charge in [0, 0.05) is 67.6 Å². The molecule has 4 bridgehead atoms. The SMILES string of the molecule is O=C(NC1(C(=O)O)C2CC3CC(C2)CC1C3)c1ccc(-c2cn([C@H]3CC[C@H](C(F)(F)F)CC3)c3cc(OC4CCN(c5ncccn5)CC4)ccc23)nc1C(F)(F)F. The number of benzene rings is 1. The van der Waals surface area contributed by atoms with Crippen LogP contribution in [0.1, 0.15) is 92.7 Å². The van der Waals surface area contributed by atoms with Gasteiger partial charge in [-0.3, -0.25) is 4.79 Å². The molecule has 1 aromatic carbocycles. The van der Waals surface area contributed by atoms with E-state index in [0.717, 1.165) is 12.5 Å². The van der Waals surface area contributed by atoms with E-state index in [0.29, 0.717) is 91.6 Å². The van der Waals surface area contributed by atoms with Crippen LogP contribution < -0.4 is 15.0 Å². The van der Waals surface area contributed by atoms with Crippen molar-refractivity contribution in [1.29, 1.82) is 0 Å². The molecule has 6 fully saturated rings. The predicted molar refractivity (Wildman–Crippen MR) is 200 cm³/mol. The first-order valence-corrected chi connectivity index (χ1v) is 20.2. The van der Waals surface area contributed by atoms with Crippen LogP contribution in [0.4, 0.5) is 32.3 Å². The molecule has 4 aromatic rings. The Morgan fingerprint density at radius 3 is 2.10 bits per heavy atom. The molecule has 5 saturated carbocycles. The molecule has 1 amide bonds. The van der Waals surface area contributed by atoms with Gasteiger partial charge in [-0.1, -0.05) is 0 Å². The molecule has 10 rings (SSSR count). The molecule has 10 nitrogen and oxygen atoms in total. The molecule has 16 heteroatoms. The van der Waals surface area contributed by atoms with Gasteiger partial charge in [-0.15, -0.1) is 0 Å². The Balaban J connectivity index is 1.03. The Kier molecular flexibility index (Phi) is 9.61. The molecule has 0 atom stereocenters. The number of ether oxygens (including phenoxy) is 1. The van der Waals surface area contributed by atoms with Gasteiger partial charge < -0.3 is 24.6 Å². The van der Waals surface area contributed by atoms with Crippen molar-refractivity contribution >= 4 is 28.7 Å². The fourth-order valence-electron chi connectivity index (χ4n) is 11.1. The lowest BCUT2D eigenvalue weighted by Gasteiger charge is -2.59. The lowest BCUT2D eigenvalue weighted by atomic mass is 9.48. The average molecular weight is 811 g/mol. The van der Waals surface area contributed by atoms with E-state index in [1.165, 1.54) is 6.07 Å². The highest BCUT2D eigenvalue weighted by Gasteiger charge is 2.62. The van der Waals surface area contributed by atoms with E-state index in [9.17, 15) is 41.0 Å². The Labute approximate surface area is 330 Å². The van der Waals surface area contributed by atoms with E-state index in [-0.39, 0.29) is 55.4 Å². The highest BCUT2D eigenvalue weighted by Crippen LogP contribution is 2.58. The summed E-state index contributed by atoms with van der Waals surface area (Å²) in [4.78, 5) is 41.5. The minimum absolute atomic E-state index is 0.0792. The number of amides is 1. The van der Waals surface area contributed by atoms with Crippen molar-refractivity contribution in [2.24, 2.45) is 29.6 Å². The molecule has 6 aliphatic rings. The summed E-state index contributed by atoms with van der Waals surface area (Å²) in [5, 5.41) is 13.7. The smallest absolute Gasteiger partial charge is 0.434 e. The number of carboxylic acids is 1. The van der Waals surface area contributed by atoms with E-state index in [1.54, 1.807) is 42.9 Å². The minimum Gasteiger partial charge on any atom is -0.490 e. The quantitative estimate of drug-likeness (QED) is 0.169. The second kappa shape index (κ2) is 14.4. The van der Waals surface area contributed by atoms with Crippen LogP contribution in [0, 0.1) is 29.6 Å². The van der Waals surface area contributed by atoms with E-state index in [4.69, 9.17) is 4.74 Å². The number of pyridine rings is 1. The molecule has 0 radical (unpaired) electrons. The maximum atomic E-state index is 14.9. The van der Waals surface area contributed by atoms with E-state index >= 15 is 0 Å². The number of anilines is 1. The average Bonchev–Trinajstić information content (AvgIpc) is 3.57. The summed E-state index contributed by atoms with van der Waals surface area (Å²) in [5.74, 6) is -2.64. The minimum atomic E-state index is -5.07. The second-order valence-corrected chi connectivity index (χ2v) is 17.1. The van der Waals surface area contributed by atoms with Gasteiger partial charge in [-0.25, -0.2) is 19.7 Å². The standard InChI is InChI=1S/C42H44F6N6O4/c43-41(44,45)25-2-4-28(5-3-25)54-22-33(31-7-6-30(21-35(31)54)58-29-10-14-53(15-11-29)39-49-12-1-13-50-39)34-9-8-32(36(51-34)42(46,47)48)37(55)52-40(38(56)57)26-17-23-16-24(19-26)20-27(40)18-23/h1,6-9,12-13,21-29H,2-5,10-11,14-20H2,(H,52,55)(H,56,57)/t23?,24?,25-,26?,27?,28-,40?. The summed E-state index contributed by atoms with van der Waals surface area (Å²) in [7, 11) is 0. The molecule has 0 spiro atoms. The van der Waals surface area contributed by atoms with Crippen molar-refractivity contribution in [3.63, 3.8) is 0 Å². The monoisotopic (exact) mass is 810 g/mol. The van der Waals surface area contributed by atoms with Gasteiger partial charge in [-0.2, -0.15) is 26.3 Å². The summed E-state index contributed by atoms with van der Waals surface area (Å²) in [6, 6.07) is 9.00. The Morgan fingerprint density at radius 2 is 1.50 bits per heavy atom. The Morgan fingerprint density at radius 1 is 0.845 bits per heavy atom. The van der Waals surface area contributed by atoms with Gasteiger partial charge in [-0.05, 0) is 112 Å². The lowest BCUT2D eigenvalue weighted by molar-refractivity contribution is -0.183. The molecule has 0 unspecified atom stereocenters. The fraction of sp³-hybridized carbons (Fsp3) is 0.548. The third-order valence-electron chi connectivity index (χ3n) is 13.7. The highest BCUT2D eigenvalue weighted by atomic mass is 19.4. The van der Waals surface area contributed by atoms with Gasteiger partial charge in [0.1, 0.15) is 17.4 Å². The summed E-state index contributed by atoms with van der Waals surface area (Å²) < 4.78 is 93.8. The van der Waals surface area contributed by atoms with E-state index in [1.807, 2.05) is 4.57 Å². The number of fused-ring (bicyclic) bond motifs is 1. The van der Waals surface area contributed by atoms with Crippen molar-refractivity contribution in [3.8, 4) is 17.0 Å². The predicted octanol–water partition coefficient (Wildman–Crippen LogP) is 8.86. The largest absolute Gasteiger partial charge is 0.490 e. The number of aromatic nitrogens is 4. The Bertz CT molecular complexity index is 2170. The molecule has 4 heterocycles. The number of hydrogen-bond donors (Lipinski definition) is 2. The van der Waals surface area contributed by atoms with Crippen LogP contribution in [0.5, 0.6) is 5.75 Å². The molecule has 5 aliphatic carbocycles. The Hall–Kier alpha value is -4.89. The maximum absolute atomic E-state index is 14.9. The normalized spacial score (nSPS) is 28.8. The molecule has 58 heavy (non-hydrogen) atoms. The molecule has 2 N–H and O–H groups in total. The number of nitrogens with one attached hydrogen (secondary N) is 1.